The number of aliphatic carboxylic acids is 1. The van der Waals surface area contributed by atoms with Crippen molar-refractivity contribution in [1.82, 2.24) is 30.7 Å². The minimum absolute atomic E-state index is 0.0435. The van der Waals surface area contributed by atoms with Gasteiger partial charge in [-0.3, -0.25) is 33.9 Å². The SMILES string of the molecule is CC[C@H]1c2cc3[nH]c4c(c3C)C(=O)C(C(=O)OC)c4c3nc(cc4[nH]c(cc(n2)[C@@H]1C)c(C(C)=O)c4C)[C@@H](C)[C@@H]3CCC(=O)N[C@@H](CC(=O)N[N+](C)(C)C)C(=O)O. The lowest BCUT2D eigenvalue weighted by molar-refractivity contribution is -0.906. The second kappa shape index (κ2) is 15.3. The van der Waals surface area contributed by atoms with E-state index in [4.69, 9.17) is 14.7 Å². The van der Waals surface area contributed by atoms with Crippen LogP contribution in [0.3, 0.4) is 0 Å². The number of aromatic amines is 2. The Bertz CT molecular complexity index is 2390. The van der Waals surface area contributed by atoms with Crippen molar-refractivity contribution in [1.29, 1.82) is 0 Å². The van der Waals surface area contributed by atoms with E-state index in [1.807, 2.05) is 39.0 Å². The van der Waals surface area contributed by atoms with Gasteiger partial charge in [0, 0.05) is 74.9 Å². The predicted molar refractivity (Wildman–Crippen MR) is 212 cm³/mol. The van der Waals surface area contributed by atoms with Crippen LogP contribution in [0.15, 0.2) is 18.2 Å². The third-order valence-corrected chi connectivity index (χ3v) is 11.6. The molecule has 6 rings (SSSR count). The summed E-state index contributed by atoms with van der Waals surface area (Å²) in [5, 5.41) is 12.4. The van der Waals surface area contributed by atoms with Gasteiger partial charge in [0.15, 0.2) is 11.6 Å². The van der Waals surface area contributed by atoms with E-state index in [2.05, 4.69) is 34.6 Å². The van der Waals surface area contributed by atoms with Crippen LogP contribution in [0.25, 0.3) is 22.1 Å². The fourth-order valence-corrected chi connectivity index (χ4v) is 8.69. The summed E-state index contributed by atoms with van der Waals surface area (Å²) in [7, 11) is 6.35. The molecule has 0 saturated carbocycles. The highest BCUT2D eigenvalue weighted by atomic mass is 16.5. The Morgan fingerprint density at radius 3 is 2.12 bits per heavy atom. The molecule has 57 heavy (non-hydrogen) atoms. The van der Waals surface area contributed by atoms with Gasteiger partial charge in [0.25, 0.3) is 5.91 Å². The molecule has 3 aromatic rings. The molecule has 15 nitrogen and oxygen atoms in total. The molecule has 1 unspecified atom stereocenters. The number of hydrogen-bond acceptors (Lipinski definition) is 9. The van der Waals surface area contributed by atoms with Gasteiger partial charge in [-0.05, 0) is 62.9 Å². The highest BCUT2D eigenvalue weighted by Crippen LogP contribution is 2.48. The molecule has 0 saturated heterocycles. The van der Waals surface area contributed by atoms with E-state index in [0.717, 1.165) is 23.4 Å². The van der Waals surface area contributed by atoms with Crippen molar-refractivity contribution < 1.29 is 43.2 Å². The summed E-state index contributed by atoms with van der Waals surface area (Å²) in [6, 6.07) is 4.28. The number of fused-ring (bicyclic) bond motifs is 8. The molecule has 3 aromatic heterocycles. The van der Waals surface area contributed by atoms with Crippen LogP contribution in [-0.4, -0.2) is 99.2 Å². The number of nitrogens with one attached hydrogen (secondary N) is 4. The zero-order valence-electron chi connectivity index (χ0n) is 34.2. The highest BCUT2D eigenvalue weighted by Gasteiger charge is 2.45. The first-order valence-corrected chi connectivity index (χ1v) is 19.3. The maximum absolute atomic E-state index is 14.3. The number of quaternary nitrogens is 1. The van der Waals surface area contributed by atoms with Crippen molar-refractivity contribution in [3.63, 3.8) is 0 Å². The number of hydrogen-bond donors (Lipinski definition) is 5. The smallest absolute Gasteiger partial charge is 0.326 e. The molecule has 0 spiro atoms. The van der Waals surface area contributed by atoms with Crippen LogP contribution in [0, 0.1) is 13.8 Å². The Labute approximate surface area is 330 Å². The Kier molecular flexibility index (Phi) is 11.0. The van der Waals surface area contributed by atoms with Gasteiger partial charge < -0.3 is 25.1 Å². The summed E-state index contributed by atoms with van der Waals surface area (Å²) >= 11 is 0. The fraction of sp³-hybridized carbons (Fsp3) is 0.476. The van der Waals surface area contributed by atoms with Gasteiger partial charge in [-0.15, -0.1) is 0 Å². The number of H-pyrrole nitrogens is 2. The first-order valence-electron chi connectivity index (χ1n) is 19.3. The number of carbonyl (C=O) groups is 6. The lowest BCUT2D eigenvalue weighted by Crippen LogP contribution is -2.53. The van der Waals surface area contributed by atoms with E-state index in [0.29, 0.717) is 55.7 Å². The third-order valence-electron chi connectivity index (χ3n) is 11.6. The number of esters is 1. The molecule has 3 aliphatic rings. The van der Waals surface area contributed by atoms with E-state index in [1.54, 1.807) is 21.1 Å². The predicted octanol–water partition coefficient (Wildman–Crippen LogP) is 5.25. The molecular formula is C42H52N7O8+. The minimum Gasteiger partial charge on any atom is -0.480 e. The van der Waals surface area contributed by atoms with Gasteiger partial charge >= 0.3 is 11.9 Å². The first kappa shape index (κ1) is 40.9. The monoisotopic (exact) mass is 782 g/mol. The first-order chi connectivity index (χ1) is 26.8. The number of amides is 2. The summed E-state index contributed by atoms with van der Waals surface area (Å²) in [6.45, 7) is 11.4. The lowest BCUT2D eigenvalue weighted by Gasteiger charge is -2.24. The van der Waals surface area contributed by atoms with E-state index in [1.165, 1.54) is 14.0 Å². The molecular weight excluding hydrogens is 731 g/mol. The molecule has 302 valence electrons. The number of carboxylic acid groups (broad SMARTS) is 1. The van der Waals surface area contributed by atoms with Crippen LogP contribution < -0.4 is 10.7 Å². The Morgan fingerprint density at radius 1 is 0.895 bits per heavy atom. The zero-order valence-corrected chi connectivity index (χ0v) is 34.2. The van der Waals surface area contributed by atoms with Crippen molar-refractivity contribution in [2.75, 3.05) is 28.3 Å². The molecule has 5 heterocycles. The summed E-state index contributed by atoms with van der Waals surface area (Å²) in [4.78, 5) is 96.2. The summed E-state index contributed by atoms with van der Waals surface area (Å²) < 4.78 is 5.26. The Hall–Kier alpha value is -5.70. The van der Waals surface area contributed by atoms with E-state index >= 15 is 0 Å². The third kappa shape index (κ3) is 7.59. The topological polar surface area (TPSA) is 213 Å². The number of carbonyl (C=O) groups excluding carboxylic acids is 5. The van der Waals surface area contributed by atoms with Gasteiger partial charge in [0.05, 0.1) is 51.4 Å². The number of aromatic nitrogens is 4. The second-order valence-corrected chi connectivity index (χ2v) is 16.4. The standard InChI is InChI=1S/C42H51N7O8/c1-11-23-18(2)25-16-30-34(22(6)50)20(4)27(44-30)14-26-19(3)24(12-13-32(51)45-31(41(54)55)17-33(52)48-49(7,8)9)38(46-26)36-37(42(56)57-10)40(53)35-21(5)28(47-39(35)36)15-29(23)43-25/h14-16,18-19,23-24,31,37H,11-13,17H2,1-10H3,(H4-,43,44,45,46,47,48,50,51,52,53,54,55)/p+1/t18-,19+,23-,24+,31+,37?/m1/s1. The number of aryl methyl sites for hydroxylation is 2. The summed E-state index contributed by atoms with van der Waals surface area (Å²) in [6.07, 6.45) is 0.347. The molecule has 0 radical (unpaired) electrons. The molecule has 1 aliphatic carbocycles. The molecule has 2 amide bonds. The van der Waals surface area contributed by atoms with Gasteiger partial charge in [-0.25, -0.2) is 14.8 Å². The van der Waals surface area contributed by atoms with Gasteiger partial charge in [-0.2, -0.15) is 0 Å². The van der Waals surface area contributed by atoms with E-state index < -0.39 is 53.8 Å². The molecule has 6 atom stereocenters. The van der Waals surface area contributed by atoms with Gasteiger partial charge in [0.2, 0.25) is 5.91 Å². The average Bonchev–Trinajstić information content (AvgIpc) is 3.86. The van der Waals surface area contributed by atoms with Gasteiger partial charge in [-0.1, -0.05) is 20.8 Å². The highest BCUT2D eigenvalue weighted by molar-refractivity contribution is 6.23. The fourth-order valence-electron chi connectivity index (χ4n) is 8.69. The molecule has 15 heteroatoms. The van der Waals surface area contributed by atoms with Crippen LogP contribution in [0.2, 0.25) is 0 Å². The van der Waals surface area contributed by atoms with Crippen LogP contribution in [-0.2, 0) is 23.9 Å². The molecule has 5 N–H and O–H groups in total. The average molecular weight is 783 g/mol. The summed E-state index contributed by atoms with van der Waals surface area (Å²) in [5.74, 6) is -5.86. The second-order valence-electron chi connectivity index (χ2n) is 16.4. The van der Waals surface area contributed by atoms with Crippen LogP contribution in [0.1, 0.15) is 143 Å². The maximum Gasteiger partial charge on any atom is 0.326 e. The normalized spacial score (nSPS) is 20.6. The molecule has 0 fully saturated rings. The lowest BCUT2D eigenvalue weighted by atomic mass is 9.83. The van der Waals surface area contributed by atoms with Crippen molar-refractivity contribution in [3.8, 4) is 0 Å². The maximum atomic E-state index is 14.3. The number of rotatable bonds is 11. The van der Waals surface area contributed by atoms with E-state index in [-0.39, 0.29) is 41.0 Å². The van der Waals surface area contributed by atoms with Gasteiger partial charge in [0.1, 0.15) is 12.0 Å². The zero-order chi connectivity index (χ0) is 41.8. The number of Topliss-reactive ketones (excluding diaryl/α,β-unsaturated/α-hetero) is 2. The largest absolute Gasteiger partial charge is 0.480 e. The van der Waals surface area contributed by atoms with Crippen LogP contribution >= 0.6 is 0 Å². The van der Waals surface area contributed by atoms with Crippen molar-refractivity contribution in [2.45, 2.75) is 103 Å². The van der Waals surface area contributed by atoms with E-state index in [9.17, 15) is 33.9 Å². The van der Waals surface area contributed by atoms with Crippen molar-refractivity contribution in [3.05, 3.63) is 68.8 Å². The molecule has 8 bridgehead atoms. The minimum atomic E-state index is -1.47. The van der Waals surface area contributed by atoms with Crippen molar-refractivity contribution in [2.24, 2.45) is 0 Å². The number of ketones is 2. The van der Waals surface area contributed by atoms with Crippen LogP contribution in [0.5, 0.6) is 0 Å². The molecule has 2 aliphatic heterocycles. The van der Waals surface area contributed by atoms with Crippen LogP contribution in [0.4, 0.5) is 0 Å². The number of nitrogens with zero attached hydrogens (tertiary/aromatic N) is 3. The quantitative estimate of drug-likeness (QED) is 0.0560. The number of carboxylic acids is 1. The Morgan fingerprint density at radius 2 is 1.51 bits per heavy atom. The number of methoxy groups -OCH3 is 1. The number of ether oxygens (including phenoxy) is 1. The Balaban J connectivity index is 1.56. The molecule has 0 aromatic carbocycles. The summed E-state index contributed by atoms with van der Waals surface area (Å²) in [5.41, 5.74) is 10.4. The van der Waals surface area contributed by atoms with Crippen molar-refractivity contribution >= 4 is 57.4 Å².